The number of hydrogen-bond donors (Lipinski definition) is 2. The number of carboxylic acids is 2. The molecule has 1 aromatic heterocycles. The second-order valence-corrected chi connectivity index (χ2v) is 7.04. The predicted molar refractivity (Wildman–Crippen MR) is 86.0 cm³/mol. The fraction of sp³-hybridized carbons (Fsp3) is 0.588. The van der Waals surface area contributed by atoms with Crippen LogP contribution in [0.3, 0.4) is 0 Å². The first-order chi connectivity index (χ1) is 11.8. The lowest BCUT2D eigenvalue weighted by Gasteiger charge is -2.39. The van der Waals surface area contributed by atoms with Gasteiger partial charge in [0.25, 0.3) is 0 Å². The highest BCUT2D eigenvalue weighted by Crippen LogP contribution is 2.44. The normalized spacial score (nSPS) is 23.1. The van der Waals surface area contributed by atoms with Gasteiger partial charge in [-0.15, -0.1) is 0 Å². The quantitative estimate of drug-likeness (QED) is 0.841. The number of nitrogens with zero attached hydrogens (tertiary/aromatic N) is 2. The van der Waals surface area contributed by atoms with Crippen molar-refractivity contribution in [2.75, 3.05) is 19.6 Å². The Bertz CT molecular complexity index is 689. The molecule has 8 heteroatoms. The molecule has 0 bridgehead atoms. The number of furan rings is 1. The van der Waals surface area contributed by atoms with Crippen molar-refractivity contribution in [1.82, 2.24) is 9.80 Å². The second kappa shape index (κ2) is 6.51. The Labute approximate surface area is 145 Å². The van der Waals surface area contributed by atoms with E-state index in [-0.39, 0.29) is 23.6 Å². The first kappa shape index (κ1) is 17.5. The molecule has 0 radical (unpaired) electrons. The molecular weight excluding hydrogens is 328 g/mol. The minimum atomic E-state index is -1.14. The average molecular weight is 350 g/mol. The summed E-state index contributed by atoms with van der Waals surface area (Å²) in [6, 6.07) is 2.33. The fourth-order valence-electron chi connectivity index (χ4n) is 3.99. The summed E-state index contributed by atoms with van der Waals surface area (Å²) in [5.74, 6) is -1.67. The van der Waals surface area contributed by atoms with Gasteiger partial charge in [0.15, 0.2) is 0 Å². The number of piperidine rings is 1. The standard InChI is InChI=1S/C17H22N2O6/c1-11(20)18-6-4-17(5-7-18)8-13(15(21)22)19(10-17)9-12-2-3-14(25-12)16(23)24/h2-3,13H,4-10H2,1H3,(H,21,22)(H,23,24). The summed E-state index contributed by atoms with van der Waals surface area (Å²) in [5, 5.41) is 18.5. The fourth-order valence-corrected chi connectivity index (χ4v) is 3.99. The Morgan fingerprint density at radius 1 is 1.24 bits per heavy atom. The van der Waals surface area contributed by atoms with Gasteiger partial charge in [0, 0.05) is 26.6 Å². The second-order valence-electron chi connectivity index (χ2n) is 7.04. The molecule has 1 amide bonds. The molecule has 1 atom stereocenters. The lowest BCUT2D eigenvalue weighted by Crippen LogP contribution is -2.43. The van der Waals surface area contributed by atoms with Gasteiger partial charge in [0.1, 0.15) is 11.8 Å². The van der Waals surface area contributed by atoms with Crippen molar-refractivity contribution in [1.29, 1.82) is 0 Å². The largest absolute Gasteiger partial charge is 0.480 e. The Morgan fingerprint density at radius 2 is 1.92 bits per heavy atom. The lowest BCUT2D eigenvalue weighted by atomic mass is 9.76. The molecule has 2 saturated heterocycles. The van der Waals surface area contributed by atoms with Crippen molar-refractivity contribution in [3.63, 3.8) is 0 Å². The number of carbonyl (C=O) groups is 3. The smallest absolute Gasteiger partial charge is 0.371 e. The third-order valence-electron chi connectivity index (χ3n) is 5.39. The van der Waals surface area contributed by atoms with E-state index >= 15 is 0 Å². The van der Waals surface area contributed by atoms with Gasteiger partial charge in [0.2, 0.25) is 11.7 Å². The molecule has 8 nitrogen and oxygen atoms in total. The van der Waals surface area contributed by atoms with Crippen LogP contribution in [0.2, 0.25) is 0 Å². The highest BCUT2D eigenvalue weighted by molar-refractivity contribution is 5.84. The summed E-state index contributed by atoms with van der Waals surface area (Å²) in [4.78, 5) is 37.7. The summed E-state index contributed by atoms with van der Waals surface area (Å²) >= 11 is 0. The van der Waals surface area contributed by atoms with Crippen LogP contribution in [0.1, 0.15) is 42.5 Å². The van der Waals surface area contributed by atoms with Crippen LogP contribution in [0.5, 0.6) is 0 Å². The third kappa shape index (κ3) is 3.53. The highest BCUT2D eigenvalue weighted by atomic mass is 16.4. The van der Waals surface area contributed by atoms with Crippen molar-refractivity contribution in [2.24, 2.45) is 5.41 Å². The van der Waals surface area contributed by atoms with Crippen molar-refractivity contribution >= 4 is 17.8 Å². The summed E-state index contributed by atoms with van der Waals surface area (Å²) in [7, 11) is 0. The van der Waals surface area contributed by atoms with E-state index in [1.807, 2.05) is 4.90 Å². The molecular formula is C17H22N2O6. The molecule has 25 heavy (non-hydrogen) atoms. The topological polar surface area (TPSA) is 111 Å². The first-order valence-corrected chi connectivity index (χ1v) is 8.34. The van der Waals surface area contributed by atoms with Gasteiger partial charge in [0.05, 0.1) is 6.54 Å². The number of aromatic carboxylic acids is 1. The van der Waals surface area contributed by atoms with Gasteiger partial charge >= 0.3 is 11.9 Å². The van der Waals surface area contributed by atoms with Gasteiger partial charge in [-0.1, -0.05) is 0 Å². The molecule has 136 valence electrons. The van der Waals surface area contributed by atoms with Gasteiger partial charge in [-0.2, -0.15) is 0 Å². The van der Waals surface area contributed by atoms with Gasteiger partial charge < -0.3 is 19.5 Å². The number of aliphatic carboxylic acids is 1. The Balaban J connectivity index is 1.71. The number of likely N-dealkylation sites (tertiary alicyclic amines) is 2. The SMILES string of the molecule is CC(=O)N1CCC2(CC1)CC(C(=O)O)N(Cc1ccc(C(=O)O)o1)C2. The maximum atomic E-state index is 11.7. The predicted octanol–water partition coefficient (Wildman–Crippen LogP) is 1.27. The molecule has 0 saturated carbocycles. The monoisotopic (exact) mass is 350 g/mol. The van der Waals surface area contributed by atoms with E-state index in [9.17, 15) is 19.5 Å². The zero-order chi connectivity index (χ0) is 18.2. The summed E-state index contributed by atoms with van der Waals surface area (Å²) < 4.78 is 5.27. The summed E-state index contributed by atoms with van der Waals surface area (Å²) in [6.45, 7) is 3.73. The Kier molecular flexibility index (Phi) is 4.55. The minimum absolute atomic E-state index is 0.0521. The first-order valence-electron chi connectivity index (χ1n) is 8.34. The van der Waals surface area contributed by atoms with Gasteiger partial charge in [-0.3, -0.25) is 14.5 Å². The molecule has 3 rings (SSSR count). The van der Waals surface area contributed by atoms with Crippen LogP contribution >= 0.6 is 0 Å². The van der Waals surface area contributed by atoms with Crippen LogP contribution in [0.4, 0.5) is 0 Å². The molecule has 2 fully saturated rings. The molecule has 0 aliphatic carbocycles. The number of amides is 1. The van der Waals surface area contributed by atoms with Gasteiger partial charge in [-0.05, 0) is 36.8 Å². The van der Waals surface area contributed by atoms with E-state index in [1.165, 1.54) is 6.07 Å². The van der Waals surface area contributed by atoms with Crippen LogP contribution in [-0.2, 0) is 16.1 Å². The Morgan fingerprint density at radius 3 is 2.44 bits per heavy atom. The van der Waals surface area contributed by atoms with Crippen LogP contribution in [0.15, 0.2) is 16.5 Å². The zero-order valence-electron chi connectivity index (χ0n) is 14.1. The Hall–Kier alpha value is -2.35. The van der Waals surface area contributed by atoms with E-state index in [4.69, 9.17) is 9.52 Å². The van der Waals surface area contributed by atoms with Gasteiger partial charge in [-0.25, -0.2) is 4.79 Å². The molecule has 1 aromatic rings. The van der Waals surface area contributed by atoms with Crippen LogP contribution in [-0.4, -0.2) is 63.5 Å². The van der Waals surface area contributed by atoms with Crippen LogP contribution in [0, 0.1) is 5.41 Å². The van der Waals surface area contributed by atoms with E-state index in [1.54, 1.807) is 17.9 Å². The van der Waals surface area contributed by atoms with Crippen LogP contribution < -0.4 is 0 Å². The maximum absolute atomic E-state index is 11.7. The number of rotatable bonds is 4. The van der Waals surface area contributed by atoms with Crippen molar-refractivity contribution in [2.45, 2.75) is 38.8 Å². The van der Waals surface area contributed by atoms with E-state index in [2.05, 4.69) is 0 Å². The van der Waals surface area contributed by atoms with Crippen LogP contribution in [0.25, 0.3) is 0 Å². The maximum Gasteiger partial charge on any atom is 0.371 e. The molecule has 1 spiro atoms. The molecule has 2 N–H and O–H groups in total. The molecule has 1 unspecified atom stereocenters. The summed E-state index contributed by atoms with van der Waals surface area (Å²) in [5.41, 5.74) is -0.114. The van der Waals surface area contributed by atoms with E-state index < -0.39 is 18.0 Å². The highest BCUT2D eigenvalue weighted by Gasteiger charge is 2.48. The minimum Gasteiger partial charge on any atom is -0.480 e. The summed E-state index contributed by atoms with van der Waals surface area (Å²) in [6.07, 6.45) is 2.11. The number of carbonyl (C=O) groups excluding carboxylic acids is 1. The molecule has 0 aromatic carbocycles. The van der Waals surface area contributed by atoms with E-state index in [0.29, 0.717) is 31.8 Å². The van der Waals surface area contributed by atoms with Crippen molar-refractivity contribution in [3.05, 3.63) is 23.7 Å². The van der Waals surface area contributed by atoms with Crippen molar-refractivity contribution in [3.8, 4) is 0 Å². The number of carboxylic acid groups (broad SMARTS) is 2. The lowest BCUT2D eigenvalue weighted by molar-refractivity contribution is -0.142. The molecule has 2 aliphatic heterocycles. The zero-order valence-corrected chi connectivity index (χ0v) is 14.1. The molecule has 3 heterocycles. The number of hydrogen-bond acceptors (Lipinski definition) is 5. The van der Waals surface area contributed by atoms with E-state index in [0.717, 1.165) is 12.8 Å². The molecule has 2 aliphatic rings. The van der Waals surface area contributed by atoms with Crippen molar-refractivity contribution < 1.29 is 29.0 Å². The average Bonchev–Trinajstić information content (AvgIpc) is 3.14. The third-order valence-corrected chi connectivity index (χ3v) is 5.39.